The number of anilines is 1. The summed E-state index contributed by atoms with van der Waals surface area (Å²) in [6, 6.07) is 16.9. The summed E-state index contributed by atoms with van der Waals surface area (Å²) in [5, 5.41) is 4.49. The number of carbonyl (C=O) groups is 1. The van der Waals surface area contributed by atoms with Crippen molar-refractivity contribution in [3.05, 3.63) is 71.4 Å². The van der Waals surface area contributed by atoms with Gasteiger partial charge in [0.15, 0.2) is 0 Å². The highest BCUT2D eigenvalue weighted by Gasteiger charge is 2.09. The van der Waals surface area contributed by atoms with Gasteiger partial charge in [0.1, 0.15) is 0 Å². The molecule has 0 spiro atoms. The standard InChI is InChI=1S/C17H13ClN2O/c18-14-8-2-1-5-13(14)11-16(21)20-15-9-3-6-12-7-4-10-19-17(12)15/h1-10H,11H2,(H,20,21). The second-order valence-electron chi connectivity index (χ2n) is 4.70. The van der Waals surface area contributed by atoms with Gasteiger partial charge in [-0.05, 0) is 23.8 Å². The monoisotopic (exact) mass is 296 g/mol. The summed E-state index contributed by atoms with van der Waals surface area (Å²) in [5.74, 6) is -0.110. The van der Waals surface area contributed by atoms with Crippen LogP contribution >= 0.6 is 11.6 Å². The van der Waals surface area contributed by atoms with Crippen LogP contribution in [0, 0.1) is 0 Å². The Hall–Kier alpha value is -2.39. The molecule has 0 aliphatic carbocycles. The van der Waals surface area contributed by atoms with Crippen LogP contribution in [0.1, 0.15) is 5.56 Å². The minimum Gasteiger partial charge on any atom is -0.324 e. The summed E-state index contributed by atoms with van der Waals surface area (Å²) in [7, 11) is 0. The van der Waals surface area contributed by atoms with Crippen molar-refractivity contribution in [1.82, 2.24) is 4.98 Å². The van der Waals surface area contributed by atoms with Crippen molar-refractivity contribution in [2.75, 3.05) is 5.32 Å². The minimum absolute atomic E-state index is 0.110. The second kappa shape index (κ2) is 5.94. The molecule has 1 heterocycles. The highest BCUT2D eigenvalue weighted by molar-refractivity contribution is 6.31. The van der Waals surface area contributed by atoms with Gasteiger partial charge < -0.3 is 5.32 Å². The van der Waals surface area contributed by atoms with Gasteiger partial charge in [0.05, 0.1) is 17.6 Å². The normalized spacial score (nSPS) is 10.5. The van der Waals surface area contributed by atoms with Gasteiger partial charge in [-0.2, -0.15) is 0 Å². The number of halogens is 1. The Morgan fingerprint density at radius 1 is 1.05 bits per heavy atom. The maximum Gasteiger partial charge on any atom is 0.228 e. The molecular formula is C17H13ClN2O. The van der Waals surface area contributed by atoms with Crippen LogP contribution in [-0.2, 0) is 11.2 Å². The van der Waals surface area contributed by atoms with E-state index < -0.39 is 0 Å². The van der Waals surface area contributed by atoms with Crippen molar-refractivity contribution >= 4 is 34.1 Å². The van der Waals surface area contributed by atoms with Gasteiger partial charge in [-0.15, -0.1) is 0 Å². The van der Waals surface area contributed by atoms with Crippen LogP contribution < -0.4 is 5.32 Å². The maximum absolute atomic E-state index is 12.2. The van der Waals surface area contributed by atoms with Crippen LogP contribution in [0.25, 0.3) is 10.9 Å². The molecule has 21 heavy (non-hydrogen) atoms. The van der Waals surface area contributed by atoms with Gasteiger partial charge in [0.25, 0.3) is 0 Å². The van der Waals surface area contributed by atoms with Crippen LogP contribution in [0.5, 0.6) is 0 Å². The minimum atomic E-state index is -0.110. The Balaban J connectivity index is 1.82. The summed E-state index contributed by atoms with van der Waals surface area (Å²) < 4.78 is 0. The van der Waals surface area contributed by atoms with Crippen LogP contribution in [-0.4, -0.2) is 10.9 Å². The van der Waals surface area contributed by atoms with Gasteiger partial charge in [0.2, 0.25) is 5.91 Å². The predicted molar refractivity (Wildman–Crippen MR) is 85.5 cm³/mol. The lowest BCUT2D eigenvalue weighted by Gasteiger charge is -2.08. The molecule has 1 N–H and O–H groups in total. The van der Waals surface area contributed by atoms with E-state index >= 15 is 0 Å². The van der Waals surface area contributed by atoms with E-state index in [9.17, 15) is 4.79 Å². The Morgan fingerprint density at radius 3 is 2.71 bits per heavy atom. The topological polar surface area (TPSA) is 42.0 Å². The van der Waals surface area contributed by atoms with E-state index in [0.29, 0.717) is 10.7 Å². The average Bonchev–Trinajstić information content (AvgIpc) is 2.50. The number of carbonyl (C=O) groups excluding carboxylic acids is 1. The molecule has 3 rings (SSSR count). The van der Waals surface area contributed by atoms with E-state index in [2.05, 4.69) is 10.3 Å². The summed E-state index contributed by atoms with van der Waals surface area (Å²) in [6.07, 6.45) is 1.95. The lowest BCUT2D eigenvalue weighted by Crippen LogP contribution is -2.15. The predicted octanol–water partition coefficient (Wildman–Crippen LogP) is 4.07. The molecule has 0 atom stereocenters. The molecule has 0 bridgehead atoms. The van der Waals surface area contributed by atoms with Crippen molar-refractivity contribution in [3.63, 3.8) is 0 Å². The largest absolute Gasteiger partial charge is 0.324 e. The summed E-state index contributed by atoms with van der Waals surface area (Å²) >= 11 is 6.07. The molecule has 1 amide bonds. The van der Waals surface area contributed by atoms with Crippen molar-refractivity contribution in [1.29, 1.82) is 0 Å². The molecule has 1 aromatic heterocycles. The van der Waals surface area contributed by atoms with Gasteiger partial charge in [-0.25, -0.2) is 0 Å². The number of hydrogen-bond donors (Lipinski definition) is 1. The first-order chi connectivity index (χ1) is 10.2. The zero-order valence-electron chi connectivity index (χ0n) is 11.2. The zero-order valence-corrected chi connectivity index (χ0v) is 12.0. The van der Waals surface area contributed by atoms with E-state index in [1.807, 2.05) is 48.5 Å². The first kappa shape index (κ1) is 13.6. The second-order valence-corrected chi connectivity index (χ2v) is 5.10. The van der Waals surface area contributed by atoms with Crippen LogP contribution in [0.3, 0.4) is 0 Å². The first-order valence-corrected chi connectivity index (χ1v) is 6.99. The molecule has 0 radical (unpaired) electrons. The molecule has 3 aromatic rings. The Kier molecular flexibility index (Phi) is 3.84. The fraction of sp³-hybridized carbons (Fsp3) is 0.0588. The number of benzene rings is 2. The number of nitrogens with zero attached hydrogens (tertiary/aromatic N) is 1. The molecular weight excluding hydrogens is 284 g/mol. The number of nitrogens with one attached hydrogen (secondary N) is 1. The molecule has 0 aliphatic heterocycles. The van der Waals surface area contributed by atoms with Crippen molar-refractivity contribution < 1.29 is 4.79 Å². The molecule has 104 valence electrons. The van der Waals surface area contributed by atoms with Gasteiger partial charge in [0, 0.05) is 16.6 Å². The molecule has 0 fully saturated rings. The third-order valence-corrected chi connectivity index (χ3v) is 3.58. The Morgan fingerprint density at radius 2 is 1.86 bits per heavy atom. The van der Waals surface area contributed by atoms with E-state index in [-0.39, 0.29) is 12.3 Å². The third kappa shape index (κ3) is 3.03. The number of pyridine rings is 1. The SMILES string of the molecule is O=C(Cc1ccccc1Cl)Nc1cccc2cccnc12. The number of para-hydroxylation sites is 1. The van der Waals surface area contributed by atoms with Crippen LogP contribution in [0.4, 0.5) is 5.69 Å². The number of hydrogen-bond acceptors (Lipinski definition) is 2. The summed E-state index contributed by atoms with van der Waals surface area (Å²) in [6.45, 7) is 0. The molecule has 2 aromatic carbocycles. The molecule has 0 aliphatic rings. The third-order valence-electron chi connectivity index (χ3n) is 3.22. The van der Waals surface area contributed by atoms with Crippen LogP contribution in [0.2, 0.25) is 5.02 Å². The summed E-state index contributed by atoms with van der Waals surface area (Å²) in [5.41, 5.74) is 2.31. The number of fused-ring (bicyclic) bond motifs is 1. The van der Waals surface area contributed by atoms with Crippen molar-refractivity contribution in [2.45, 2.75) is 6.42 Å². The van der Waals surface area contributed by atoms with E-state index in [1.165, 1.54) is 0 Å². The maximum atomic E-state index is 12.2. The van der Waals surface area contributed by atoms with Crippen molar-refractivity contribution in [3.8, 4) is 0 Å². The first-order valence-electron chi connectivity index (χ1n) is 6.61. The molecule has 3 nitrogen and oxygen atoms in total. The molecule has 0 unspecified atom stereocenters. The summed E-state index contributed by atoms with van der Waals surface area (Å²) in [4.78, 5) is 16.5. The van der Waals surface area contributed by atoms with Crippen molar-refractivity contribution in [2.24, 2.45) is 0 Å². The smallest absolute Gasteiger partial charge is 0.228 e. The highest BCUT2D eigenvalue weighted by atomic mass is 35.5. The Labute approximate surface area is 127 Å². The molecule has 0 saturated carbocycles. The van der Waals surface area contributed by atoms with E-state index in [1.54, 1.807) is 12.3 Å². The number of rotatable bonds is 3. The zero-order chi connectivity index (χ0) is 14.7. The average molecular weight is 297 g/mol. The van der Waals surface area contributed by atoms with Gasteiger partial charge in [-0.3, -0.25) is 9.78 Å². The number of amides is 1. The Bertz CT molecular complexity index is 796. The van der Waals surface area contributed by atoms with Gasteiger partial charge in [-0.1, -0.05) is 48.0 Å². The molecule has 0 saturated heterocycles. The fourth-order valence-corrected chi connectivity index (χ4v) is 2.42. The van der Waals surface area contributed by atoms with Gasteiger partial charge >= 0.3 is 0 Å². The fourth-order valence-electron chi connectivity index (χ4n) is 2.21. The lowest BCUT2D eigenvalue weighted by atomic mass is 10.1. The molecule has 4 heteroatoms. The van der Waals surface area contributed by atoms with E-state index in [4.69, 9.17) is 11.6 Å². The quantitative estimate of drug-likeness (QED) is 0.791. The highest BCUT2D eigenvalue weighted by Crippen LogP contribution is 2.21. The van der Waals surface area contributed by atoms with E-state index in [0.717, 1.165) is 16.5 Å². The van der Waals surface area contributed by atoms with Crippen LogP contribution in [0.15, 0.2) is 60.8 Å². The lowest BCUT2D eigenvalue weighted by molar-refractivity contribution is -0.115. The number of aromatic nitrogens is 1.